The van der Waals surface area contributed by atoms with Gasteiger partial charge in [-0.1, -0.05) is 19.9 Å². The van der Waals surface area contributed by atoms with Crippen molar-refractivity contribution in [1.29, 1.82) is 0 Å². The van der Waals surface area contributed by atoms with Gasteiger partial charge in [0.15, 0.2) is 0 Å². The van der Waals surface area contributed by atoms with Crippen LogP contribution in [0.2, 0.25) is 0 Å². The lowest BCUT2D eigenvalue weighted by Gasteiger charge is -2.34. The smallest absolute Gasteiger partial charge is 0.265 e. The summed E-state index contributed by atoms with van der Waals surface area (Å²) < 4.78 is 27.3. The molecule has 0 spiro atoms. The van der Waals surface area contributed by atoms with Crippen LogP contribution in [0.4, 0.5) is 5.69 Å². The monoisotopic (exact) mass is 378 g/mol. The third-order valence-corrected chi connectivity index (χ3v) is 7.04. The molecule has 134 valence electrons. The molecule has 2 atom stereocenters. The third kappa shape index (κ3) is 4.11. The fraction of sp³-hybridized carbons (Fsp3) is 0.389. The fourth-order valence-electron chi connectivity index (χ4n) is 3.26. The molecule has 0 aliphatic carbocycles. The number of hydrogen-bond acceptors (Lipinski definition) is 4. The largest absolute Gasteiger partial charge is 0.321 e. The average molecular weight is 379 g/mol. The highest BCUT2D eigenvalue weighted by Gasteiger charge is 2.31. The first-order valence-electron chi connectivity index (χ1n) is 8.31. The van der Waals surface area contributed by atoms with E-state index in [0.29, 0.717) is 35.5 Å². The summed E-state index contributed by atoms with van der Waals surface area (Å²) in [5.74, 6) is 0.537. The van der Waals surface area contributed by atoms with Crippen molar-refractivity contribution >= 4 is 33.0 Å². The number of anilines is 1. The van der Waals surface area contributed by atoms with Crippen molar-refractivity contribution in [1.82, 2.24) is 4.31 Å². The van der Waals surface area contributed by atoms with Crippen LogP contribution >= 0.6 is 11.3 Å². The van der Waals surface area contributed by atoms with E-state index in [1.165, 1.54) is 11.3 Å². The molecular formula is C18H22N2O3S2. The Morgan fingerprint density at radius 2 is 1.76 bits per heavy atom. The molecule has 1 aromatic carbocycles. The van der Waals surface area contributed by atoms with Crippen LogP contribution in [0.5, 0.6) is 0 Å². The quantitative estimate of drug-likeness (QED) is 0.883. The summed E-state index contributed by atoms with van der Waals surface area (Å²) in [6, 6.07) is 9.95. The molecule has 1 N–H and O–H groups in total. The van der Waals surface area contributed by atoms with Crippen LogP contribution in [-0.2, 0) is 10.0 Å². The predicted octanol–water partition coefficient (Wildman–Crippen LogP) is 3.67. The van der Waals surface area contributed by atoms with Crippen molar-refractivity contribution in [3.05, 3.63) is 46.7 Å². The van der Waals surface area contributed by atoms with Crippen molar-refractivity contribution in [2.45, 2.75) is 25.2 Å². The number of piperidine rings is 1. The van der Waals surface area contributed by atoms with Gasteiger partial charge in [-0.05, 0) is 54.0 Å². The van der Waals surface area contributed by atoms with E-state index in [1.807, 2.05) is 11.4 Å². The second-order valence-corrected chi connectivity index (χ2v) is 9.61. The van der Waals surface area contributed by atoms with E-state index in [-0.39, 0.29) is 10.8 Å². The van der Waals surface area contributed by atoms with E-state index < -0.39 is 10.0 Å². The maximum atomic E-state index is 12.8. The van der Waals surface area contributed by atoms with E-state index >= 15 is 0 Å². The Morgan fingerprint density at radius 1 is 1.12 bits per heavy atom. The van der Waals surface area contributed by atoms with Gasteiger partial charge in [-0.25, -0.2) is 8.42 Å². The highest BCUT2D eigenvalue weighted by molar-refractivity contribution is 7.89. The van der Waals surface area contributed by atoms with Crippen molar-refractivity contribution < 1.29 is 13.2 Å². The number of amides is 1. The molecular weight excluding hydrogens is 356 g/mol. The summed E-state index contributed by atoms with van der Waals surface area (Å²) in [7, 11) is -3.49. The topological polar surface area (TPSA) is 66.5 Å². The predicted molar refractivity (Wildman–Crippen MR) is 100 cm³/mol. The minimum Gasteiger partial charge on any atom is -0.321 e. The van der Waals surface area contributed by atoms with Crippen LogP contribution in [0.15, 0.2) is 46.7 Å². The van der Waals surface area contributed by atoms with Crippen molar-refractivity contribution in [2.75, 3.05) is 18.4 Å². The molecule has 0 radical (unpaired) electrons. The minimum atomic E-state index is -3.49. The number of carbonyl (C=O) groups is 1. The van der Waals surface area contributed by atoms with Crippen LogP contribution in [-0.4, -0.2) is 31.7 Å². The van der Waals surface area contributed by atoms with Gasteiger partial charge in [0.2, 0.25) is 10.0 Å². The van der Waals surface area contributed by atoms with Gasteiger partial charge >= 0.3 is 0 Å². The summed E-state index contributed by atoms with van der Waals surface area (Å²) in [5, 5.41) is 4.62. The third-order valence-electron chi connectivity index (χ3n) is 4.33. The molecule has 5 nitrogen and oxygen atoms in total. The van der Waals surface area contributed by atoms with Gasteiger partial charge in [0, 0.05) is 18.8 Å². The van der Waals surface area contributed by atoms with E-state index in [9.17, 15) is 13.2 Å². The van der Waals surface area contributed by atoms with E-state index in [2.05, 4.69) is 19.2 Å². The number of thiophene rings is 1. The van der Waals surface area contributed by atoms with E-state index in [4.69, 9.17) is 0 Å². The van der Waals surface area contributed by atoms with E-state index in [0.717, 1.165) is 6.42 Å². The van der Waals surface area contributed by atoms with Gasteiger partial charge in [0.05, 0.1) is 9.77 Å². The number of hydrogen-bond donors (Lipinski definition) is 1. The number of benzene rings is 1. The second-order valence-electron chi connectivity index (χ2n) is 6.72. The Balaban J connectivity index is 1.74. The van der Waals surface area contributed by atoms with Gasteiger partial charge in [-0.2, -0.15) is 4.31 Å². The minimum absolute atomic E-state index is 0.190. The Hall–Kier alpha value is -1.70. The average Bonchev–Trinajstić information content (AvgIpc) is 3.09. The summed E-state index contributed by atoms with van der Waals surface area (Å²) in [6.45, 7) is 5.29. The Morgan fingerprint density at radius 3 is 2.32 bits per heavy atom. The summed E-state index contributed by atoms with van der Waals surface area (Å²) >= 11 is 1.36. The number of nitrogens with one attached hydrogen (secondary N) is 1. The van der Waals surface area contributed by atoms with E-state index in [1.54, 1.807) is 34.6 Å². The fourth-order valence-corrected chi connectivity index (χ4v) is 5.56. The van der Waals surface area contributed by atoms with Crippen LogP contribution in [0.3, 0.4) is 0 Å². The first kappa shape index (κ1) is 18.1. The normalized spacial score (nSPS) is 21.8. The zero-order valence-electron chi connectivity index (χ0n) is 14.3. The first-order chi connectivity index (χ1) is 11.9. The highest BCUT2D eigenvalue weighted by Crippen LogP contribution is 2.27. The molecule has 0 unspecified atom stereocenters. The van der Waals surface area contributed by atoms with Crippen LogP contribution < -0.4 is 5.32 Å². The number of rotatable bonds is 4. The van der Waals surface area contributed by atoms with Crippen molar-refractivity contribution in [2.24, 2.45) is 11.8 Å². The van der Waals surface area contributed by atoms with Gasteiger partial charge in [-0.3, -0.25) is 4.79 Å². The first-order valence-corrected chi connectivity index (χ1v) is 10.6. The molecule has 1 aliphatic heterocycles. The Labute approximate surface area is 152 Å². The molecule has 1 saturated heterocycles. The van der Waals surface area contributed by atoms with Crippen LogP contribution in [0, 0.1) is 11.8 Å². The Bertz CT molecular complexity index is 820. The standard InChI is InChI=1S/C18H22N2O3S2/c1-13-10-14(2)12-20(11-13)25(22,23)16-7-5-15(6-8-16)19-18(21)17-4-3-9-24-17/h3-9,13-14H,10-12H2,1-2H3,(H,19,21)/t13-,14-/m0/s1. The highest BCUT2D eigenvalue weighted by atomic mass is 32.2. The molecule has 0 saturated carbocycles. The van der Waals surface area contributed by atoms with Gasteiger partial charge in [0.25, 0.3) is 5.91 Å². The van der Waals surface area contributed by atoms with Crippen LogP contribution in [0.25, 0.3) is 0 Å². The molecule has 0 bridgehead atoms. The van der Waals surface area contributed by atoms with Gasteiger partial charge in [-0.15, -0.1) is 11.3 Å². The summed E-state index contributed by atoms with van der Waals surface area (Å²) in [4.78, 5) is 12.9. The molecule has 7 heteroatoms. The number of sulfonamides is 1. The molecule has 3 rings (SSSR count). The zero-order valence-corrected chi connectivity index (χ0v) is 15.9. The maximum Gasteiger partial charge on any atom is 0.265 e. The van der Waals surface area contributed by atoms with Crippen molar-refractivity contribution in [3.63, 3.8) is 0 Å². The summed E-state index contributed by atoms with van der Waals surface area (Å²) in [5.41, 5.74) is 0.581. The second kappa shape index (κ2) is 7.27. The molecule has 25 heavy (non-hydrogen) atoms. The van der Waals surface area contributed by atoms with Gasteiger partial charge in [0.1, 0.15) is 0 Å². The maximum absolute atomic E-state index is 12.8. The number of carbonyl (C=O) groups excluding carboxylic acids is 1. The lowest BCUT2D eigenvalue weighted by molar-refractivity contribution is 0.103. The van der Waals surface area contributed by atoms with Gasteiger partial charge < -0.3 is 5.32 Å². The lowest BCUT2D eigenvalue weighted by atomic mass is 9.94. The lowest BCUT2D eigenvalue weighted by Crippen LogP contribution is -2.42. The summed E-state index contributed by atoms with van der Waals surface area (Å²) in [6.07, 6.45) is 1.06. The molecule has 2 aromatic rings. The molecule has 1 aromatic heterocycles. The van der Waals surface area contributed by atoms with Crippen molar-refractivity contribution in [3.8, 4) is 0 Å². The zero-order chi connectivity index (χ0) is 18.0. The molecule has 2 heterocycles. The number of nitrogens with zero attached hydrogens (tertiary/aromatic N) is 1. The SMILES string of the molecule is C[C@H]1C[C@H](C)CN(S(=O)(=O)c2ccc(NC(=O)c3cccs3)cc2)C1. The molecule has 1 fully saturated rings. The molecule has 1 aliphatic rings. The van der Waals surface area contributed by atoms with Crippen LogP contribution in [0.1, 0.15) is 29.9 Å². The Kier molecular flexibility index (Phi) is 5.27. The molecule has 1 amide bonds.